The number of hydrogen-bond acceptors (Lipinski definition) is 4. The van der Waals surface area contributed by atoms with Crippen LogP contribution in [0.5, 0.6) is 0 Å². The van der Waals surface area contributed by atoms with Crippen molar-refractivity contribution in [2.45, 2.75) is 75.9 Å². The van der Waals surface area contributed by atoms with Gasteiger partial charge in [-0.05, 0) is 51.0 Å². The Morgan fingerprint density at radius 1 is 1.13 bits per heavy atom. The first kappa shape index (κ1) is 24.9. The van der Waals surface area contributed by atoms with Gasteiger partial charge < -0.3 is 19.6 Å². The summed E-state index contributed by atoms with van der Waals surface area (Å²) in [5.74, 6) is -1.57. The van der Waals surface area contributed by atoms with Gasteiger partial charge >= 0.3 is 12.1 Å². The van der Waals surface area contributed by atoms with E-state index in [1.54, 1.807) is 7.11 Å². The third-order valence-electron chi connectivity index (χ3n) is 6.71. The molecule has 0 aromatic heterocycles. The maximum Gasteiger partial charge on any atom is 0.490 e. The summed E-state index contributed by atoms with van der Waals surface area (Å²) in [5, 5.41) is 7.12. The van der Waals surface area contributed by atoms with Crippen LogP contribution in [0.15, 0.2) is 0 Å². The zero-order valence-electron chi connectivity index (χ0n) is 17.9. The highest BCUT2D eigenvalue weighted by Gasteiger charge is 2.46. The molecule has 9 heteroatoms. The van der Waals surface area contributed by atoms with E-state index in [0.29, 0.717) is 5.91 Å². The topological polar surface area (TPSA) is 70.1 Å². The van der Waals surface area contributed by atoms with Crippen LogP contribution in [0.3, 0.4) is 0 Å². The number of rotatable bonds is 5. The molecule has 1 aliphatic carbocycles. The van der Waals surface area contributed by atoms with E-state index in [2.05, 4.69) is 9.80 Å². The molecule has 2 heterocycles. The van der Waals surface area contributed by atoms with Crippen molar-refractivity contribution in [2.24, 2.45) is 5.92 Å². The standard InChI is InChI=1S/C19H34N2O2.C2HF3O2/c1-23-15-14-20-12-5-9-19(11-13-20)10-8-18(22)21(19)16-17-6-3-2-4-7-17;3-2(4,5)1(6)7/h17H,2-16H2,1H3;(H,6,7). The Morgan fingerprint density at radius 3 is 2.40 bits per heavy atom. The van der Waals surface area contributed by atoms with Gasteiger partial charge in [0.05, 0.1) is 6.61 Å². The third kappa shape index (κ3) is 7.11. The van der Waals surface area contributed by atoms with Crippen LogP contribution in [0.25, 0.3) is 0 Å². The molecule has 3 rings (SSSR count). The molecule has 2 aliphatic heterocycles. The average molecular weight is 437 g/mol. The van der Waals surface area contributed by atoms with E-state index >= 15 is 0 Å². The fourth-order valence-electron chi connectivity index (χ4n) is 5.00. The van der Waals surface area contributed by atoms with E-state index in [1.807, 2.05) is 0 Å². The summed E-state index contributed by atoms with van der Waals surface area (Å²) >= 11 is 0. The fourth-order valence-corrected chi connectivity index (χ4v) is 5.00. The molecule has 0 bridgehead atoms. The Labute approximate surface area is 176 Å². The lowest BCUT2D eigenvalue weighted by Gasteiger charge is -2.41. The van der Waals surface area contributed by atoms with Gasteiger partial charge in [-0.15, -0.1) is 0 Å². The van der Waals surface area contributed by atoms with Crippen LogP contribution in [0.2, 0.25) is 0 Å². The first-order valence-electron chi connectivity index (χ1n) is 11.0. The van der Waals surface area contributed by atoms with Crippen molar-refractivity contribution >= 4 is 11.9 Å². The average Bonchev–Trinajstić information content (AvgIpc) is 2.88. The quantitative estimate of drug-likeness (QED) is 0.712. The highest BCUT2D eigenvalue weighted by molar-refractivity contribution is 5.79. The lowest BCUT2D eigenvalue weighted by molar-refractivity contribution is -0.192. The number of ether oxygens (including phenoxy) is 1. The van der Waals surface area contributed by atoms with E-state index in [1.165, 1.54) is 44.9 Å². The SMILES string of the molecule is COCCN1CCCC2(CCC(=O)N2CC2CCCCC2)CC1.O=C(O)C(F)(F)F. The monoisotopic (exact) mass is 436 g/mol. The molecule has 1 amide bonds. The van der Waals surface area contributed by atoms with Gasteiger partial charge in [0.1, 0.15) is 0 Å². The predicted molar refractivity (Wildman–Crippen MR) is 106 cm³/mol. The highest BCUT2D eigenvalue weighted by Crippen LogP contribution is 2.40. The molecular formula is C21H35F3N2O4. The van der Waals surface area contributed by atoms with Crippen LogP contribution in [-0.4, -0.2) is 78.4 Å². The minimum atomic E-state index is -5.08. The van der Waals surface area contributed by atoms with Crippen molar-refractivity contribution < 1.29 is 32.6 Å². The van der Waals surface area contributed by atoms with Crippen molar-refractivity contribution in [2.75, 3.05) is 39.9 Å². The summed E-state index contributed by atoms with van der Waals surface area (Å²) in [6, 6.07) is 0. The zero-order chi connectivity index (χ0) is 22.2. The summed E-state index contributed by atoms with van der Waals surface area (Å²) < 4.78 is 37.0. The number of carbonyl (C=O) groups excluding carboxylic acids is 1. The summed E-state index contributed by atoms with van der Waals surface area (Å²) in [6.45, 7) is 5.17. The third-order valence-corrected chi connectivity index (χ3v) is 6.71. The maximum absolute atomic E-state index is 12.6. The van der Waals surface area contributed by atoms with Crippen LogP contribution in [0, 0.1) is 5.92 Å². The molecule has 3 aliphatic rings. The number of halogens is 3. The predicted octanol–water partition coefficient (Wildman–Crippen LogP) is 3.69. The van der Waals surface area contributed by atoms with Crippen LogP contribution in [0.1, 0.15) is 64.2 Å². The second kappa shape index (κ2) is 11.3. The summed E-state index contributed by atoms with van der Waals surface area (Å²) in [4.78, 5) is 26.3. The molecule has 6 nitrogen and oxygen atoms in total. The number of hydrogen-bond donors (Lipinski definition) is 1. The minimum absolute atomic E-state index is 0.177. The normalized spacial score (nSPS) is 26.4. The van der Waals surface area contributed by atoms with E-state index < -0.39 is 12.1 Å². The molecule has 30 heavy (non-hydrogen) atoms. The number of methoxy groups -OCH3 is 1. The molecule has 1 unspecified atom stereocenters. The Balaban J connectivity index is 0.000000396. The van der Waals surface area contributed by atoms with E-state index in [-0.39, 0.29) is 5.54 Å². The number of carbonyl (C=O) groups is 2. The molecule has 0 aromatic carbocycles. The number of nitrogens with zero attached hydrogens (tertiary/aromatic N) is 2. The van der Waals surface area contributed by atoms with Crippen LogP contribution >= 0.6 is 0 Å². The lowest BCUT2D eigenvalue weighted by atomic mass is 9.84. The first-order valence-corrected chi connectivity index (χ1v) is 11.0. The molecule has 3 fully saturated rings. The van der Waals surface area contributed by atoms with E-state index in [4.69, 9.17) is 14.6 Å². The second-order valence-corrected chi connectivity index (χ2v) is 8.72. The van der Waals surface area contributed by atoms with Crippen molar-refractivity contribution in [3.05, 3.63) is 0 Å². The number of likely N-dealkylation sites (tertiary alicyclic amines) is 2. The van der Waals surface area contributed by atoms with Crippen LogP contribution in [-0.2, 0) is 14.3 Å². The van der Waals surface area contributed by atoms with Gasteiger partial charge in [0.25, 0.3) is 0 Å². The Kier molecular flexibility index (Phi) is 9.40. The van der Waals surface area contributed by atoms with Crippen LogP contribution < -0.4 is 0 Å². The molecular weight excluding hydrogens is 401 g/mol. The molecule has 1 N–H and O–H groups in total. The lowest BCUT2D eigenvalue weighted by Crippen LogP contribution is -2.48. The van der Waals surface area contributed by atoms with Crippen molar-refractivity contribution in [3.63, 3.8) is 0 Å². The molecule has 1 atom stereocenters. The van der Waals surface area contributed by atoms with Gasteiger partial charge in [-0.25, -0.2) is 4.79 Å². The number of aliphatic carboxylic acids is 1. The van der Waals surface area contributed by atoms with Gasteiger partial charge in [-0.1, -0.05) is 19.3 Å². The van der Waals surface area contributed by atoms with Gasteiger partial charge in [0, 0.05) is 38.7 Å². The molecule has 0 aromatic rings. The molecule has 1 spiro atoms. The second-order valence-electron chi connectivity index (χ2n) is 8.72. The zero-order valence-corrected chi connectivity index (χ0v) is 17.9. The Hall–Kier alpha value is -1.35. The summed E-state index contributed by atoms with van der Waals surface area (Å²) in [5.41, 5.74) is 0.177. The number of carboxylic acids is 1. The maximum atomic E-state index is 12.6. The number of carboxylic acid groups (broad SMARTS) is 1. The van der Waals surface area contributed by atoms with Gasteiger partial charge in [-0.2, -0.15) is 13.2 Å². The highest BCUT2D eigenvalue weighted by atomic mass is 19.4. The van der Waals surface area contributed by atoms with Gasteiger partial charge in [-0.3, -0.25) is 4.79 Å². The van der Waals surface area contributed by atoms with Crippen molar-refractivity contribution in [1.82, 2.24) is 9.80 Å². The Bertz CT molecular complexity index is 567. The first-order chi connectivity index (χ1) is 14.2. The van der Waals surface area contributed by atoms with Crippen LogP contribution in [0.4, 0.5) is 13.2 Å². The van der Waals surface area contributed by atoms with E-state index in [0.717, 1.165) is 58.0 Å². The molecule has 174 valence electrons. The molecule has 1 saturated carbocycles. The van der Waals surface area contributed by atoms with Crippen molar-refractivity contribution in [1.29, 1.82) is 0 Å². The smallest absolute Gasteiger partial charge is 0.475 e. The van der Waals surface area contributed by atoms with Gasteiger partial charge in [0.2, 0.25) is 5.91 Å². The fraction of sp³-hybridized carbons (Fsp3) is 0.905. The molecule has 2 saturated heterocycles. The summed E-state index contributed by atoms with van der Waals surface area (Å²) in [7, 11) is 1.78. The largest absolute Gasteiger partial charge is 0.490 e. The number of alkyl halides is 3. The summed E-state index contributed by atoms with van der Waals surface area (Å²) in [6.07, 6.45) is 7.17. The van der Waals surface area contributed by atoms with Gasteiger partial charge in [0.15, 0.2) is 0 Å². The molecule has 0 radical (unpaired) electrons. The van der Waals surface area contributed by atoms with E-state index in [9.17, 15) is 18.0 Å². The minimum Gasteiger partial charge on any atom is -0.475 e. The number of amides is 1. The van der Waals surface area contributed by atoms with Crippen molar-refractivity contribution in [3.8, 4) is 0 Å². The Morgan fingerprint density at radius 2 is 1.80 bits per heavy atom.